The second-order valence-electron chi connectivity index (χ2n) is 5.44. The highest BCUT2D eigenvalue weighted by Gasteiger charge is 2.15. The highest BCUT2D eigenvalue weighted by molar-refractivity contribution is 5.95. The number of carbonyl (C=O) groups excluding carboxylic acids is 1. The smallest absolute Gasteiger partial charge is 0.254 e. The summed E-state index contributed by atoms with van der Waals surface area (Å²) in [5.74, 6) is -1.34. The molecule has 0 saturated carbocycles. The van der Waals surface area contributed by atoms with E-state index in [1.807, 2.05) is 6.92 Å². The topological polar surface area (TPSA) is 50.4 Å². The predicted octanol–water partition coefficient (Wildman–Crippen LogP) is 3.40. The summed E-state index contributed by atoms with van der Waals surface area (Å²) in [5.41, 5.74) is 0.522. The molecule has 0 saturated heterocycles. The fourth-order valence-corrected chi connectivity index (χ4v) is 2.17. The zero-order valence-electron chi connectivity index (χ0n) is 14.2. The van der Waals surface area contributed by atoms with Crippen molar-refractivity contribution in [2.24, 2.45) is 0 Å². The number of nitrogens with one attached hydrogen (secondary N) is 2. The normalized spacial score (nSPS) is 11.4. The van der Waals surface area contributed by atoms with Crippen LogP contribution in [0.1, 0.15) is 17.3 Å². The number of rotatable bonds is 6. The number of likely N-dealkylation sites (N-methyl/N-ethyl adjacent to an activating group) is 1. The first-order valence-corrected chi connectivity index (χ1v) is 7.55. The van der Waals surface area contributed by atoms with Crippen molar-refractivity contribution in [3.63, 3.8) is 0 Å². The number of carbonyl (C=O) groups is 1. The SMILES string of the molecule is CNC(C)CNC(=O)c1ccc(-c2ccc(OC)cc2F)cc1F.Cl. The van der Waals surface area contributed by atoms with Crippen LogP contribution in [0.3, 0.4) is 0 Å². The van der Waals surface area contributed by atoms with Crippen molar-refractivity contribution >= 4 is 18.3 Å². The molecule has 2 N–H and O–H groups in total. The molecule has 0 bridgehead atoms. The van der Waals surface area contributed by atoms with Crippen molar-refractivity contribution in [2.75, 3.05) is 20.7 Å². The van der Waals surface area contributed by atoms with E-state index in [-0.39, 0.29) is 29.6 Å². The van der Waals surface area contributed by atoms with Crippen LogP contribution in [0.15, 0.2) is 36.4 Å². The van der Waals surface area contributed by atoms with E-state index in [0.717, 1.165) is 6.07 Å². The van der Waals surface area contributed by atoms with Gasteiger partial charge in [0.15, 0.2) is 0 Å². The zero-order valence-corrected chi connectivity index (χ0v) is 15.0. The van der Waals surface area contributed by atoms with Gasteiger partial charge in [-0.15, -0.1) is 12.4 Å². The molecule has 0 spiro atoms. The summed E-state index contributed by atoms with van der Waals surface area (Å²) in [4.78, 5) is 12.0. The number of benzene rings is 2. The van der Waals surface area contributed by atoms with Gasteiger partial charge >= 0.3 is 0 Å². The van der Waals surface area contributed by atoms with Crippen LogP contribution in [0.5, 0.6) is 5.75 Å². The number of halogens is 3. The third-order valence-electron chi connectivity index (χ3n) is 3.76. The summed E-state index contributed by atoms with van der Waals surface area (Å²) in [6, 6.07) is 8.43. The van der Waals surface area contributed by atoms with E-state index in [4.69, 9.17) is 4.74 Å². The van der Waals surface area contributed by atoms with Gasteiger partial charge in [-0.1, -0.05) is 6.07 Å². The number of amides is 1. The second-order valence-corrected chi connectivity index (χ2v) is 5.44. The fourth-order valence-electron chi connectivity index (χ4n) is 2.17. The lowest BCUT2D eigenvalue weighted by Gasteiger charge is -2.12. The van der Waals surface area contributed by atoms with E-state index in [1.54, 1.807) is 13.1 Å². The quantitative estimate of drug-likeness (QED) is 0.819. The van der Waals surface area contributed by atoms with Crippen LogP contribution in [-0.4, -0.2) is 32.7 Å². The minimum absolute atomic E-state index is 0. The molecule has 7 heteroatoms. The molecule has 0 heterocycles. The van der Waals surface area contributed by atoms with Gasteiger partial charge in [-0.2, -0.15) is 0 Å². The number of methoxy groups -OCH3 is 1. The van der Waals surface area contributed by atoms with E-state index in [2.05, 4.69) is 10.6 Å². The molecule has 2 aromatic carbocycles. The molecule has 1 unspecified atom stereocenters. The van der Waals surface area contributed by atoms with Gasteiger partial charge in [-0.05, 0) is 43.8 Å². The van der Waals surface area contributed by atoms with E-state index in [1.165, 1.54) is 31.4 Å². The lowest BCUT2D eigenvalue weighted by atomic mass is 10.0. The molecule has 0 aliphatic heterocycles. The Balaban J connectivity index is 0.00000312. The molecule has 0 aliphatic carbocycles. The lowest BCUT2D eigenvalue weighted by molar-refractivity contribution is 0.0946. The third-order valence-corrected chi connectivity index (χ3v) is 3.76. The molecular formula is C18H21ClF2N2O2. The van der Waals surface area contributed by atoms with Gasteiger partial charge in [0.25, 0.3) is 5.91 Å². The van der Waals surface area contributed by atoms with Gasteiger partial charge in [0.1, 0.15) is 17.4 Å². The van der Waals surface area contributed by atoms with Crippen molar-refractivity contribution in [1.29, 1.82) is 0 Å². The fraction of sp³-hybridized carbons (Fsp3) is 0.278. The molecule has 0 aliphatic rings. The first-order valence-electron chi connectivity index (χ1n) is 7.55. The van der Waals surface area contributed by atoms with Crippen LogP contribution in [-0.2, 0) is 0 Å². The van der Waals surface area contributed by atoms with Gasteiger partial charge in [0, 0.05) is 24.2 Å². The van der Waals surface area contributed by atoms with Crippen molar-refractivity contribution in [3.05, 3.63) is 53.6 Å². The first-order chi connectivity index (χ1) is 11.5. The third kappa shape index (κ3) is 5.14. The molecule has 25 heavy (non-hydrogen) atoms. The standard InChI is InChI=1S/C18H20F2N2O2.ClH/c1-11(21-2)10-22-18(23)15-6-4-12(8-16(15)19)14-7-5-13(24-3)9-17(14)20;/h4-9,11,21H,10H2,1-3H3,(H,22,23);1H. The van der Waals surface area contributed by atoms with E-state index < -0.39 is 17.5 Å². The molecule has 0 radical (unpaired) electrons. The van der Waals surface area contributed by atoms with Crippen LogP contribution < -0.4 is 15.4 Å². The van der Waals surface area contributed by atoms with Gasteiger partial charge in [0.2, 0.25) is 0 Å². The van der Waals surface area contributed by atoms with Crippen molar-refractivity contribution in [2.45, 2.75) is 13.0 Å². The van der Waals surface area contributed by atoms with Crippen LogP contribution in [0.4, 0.5) is 8.78 Å². The number of hydrogen-bond donors (Lipinski definition) is 2. The van der Waals surface area contributed by atoms with Crippen LogP contribution in [0.2, 0.25) is 0 Å². The van der Waals surface area contributed by atoms with Gasteiger partial charge in [0.05, 0.1) is 12.7 Å². The maximum atomic E-state index is 14.2. The van der Waals surface area contributed by atoms with E-state index in [0.29, 0.717) is 17.9 Å². The molecule has 2 aromatic rings. The molecule has 0 aromatic heterocycles. The first kappa shape index (κ1) is 20.9. The van der Waals surface area contributed by atoms with Crippen LogP contribution in [0.25, 0.3) is 11.1 Å². The monoisotopic (exact) mass is 370 g/mol. The summed E-state index contributed by atoms with van der Waals surface area (Å²) in [6.07, 6.45) is 0. The van der Waals surface area contributed by atoms with Gasteiger partial charge < -0.3 is 15.4 Å². The Morgan fingerprint density at radius 3 is 2.44 bits per heavy atom. The Kier molecular flexibility index (Phi) is 7.80. The summed E-state index contributed by atoms with van der Waals surface area (Å²) < 4.78 is 33.3. The second kappa shape index (κ2) is 9.34. The minimum atomic E-state index is -0.697. The maximum absolute atomic E-state index is 14.2. The predicted molar refractivity (Wildman–Crippen MR) is 96.4 cm³/mol. The Bertz CT molecular complexity index is 741. The number of hydrogen-bond acceptors (Lipinski definition) is 3. The zero-order chi connectivity index (χ0) is 17.7. The maximum Gasteiger partial charge on any atom is 0.254 e. The van der Waals surface area contributed by atoms with Crippen LogP contribution >= 0.6 is 12.4 Å². The van der Waals surface area contributed by atoms with Crippen LogP contribution in [0, 0.1) is 11.6 Å². The highest BCUT2D eigenvalue weighted by atomic mass is 35.5. The highest BCUT2D eigenvalue weighted by Crippen LogP contribution is 2.27. The Morgan fingerprint density at radius 1 is 1.16 bits per heavy atom. The van der Waals surface area contributed by atoms with E-state index in [9.17, 15) is 13.6 Å². The molecule has 0 fully saturated rings. The average molecular weight is 371 g/mol. The van der Waals surface area contributed by atoms with Crippen molar-refractivity contribution < 1.29 is 18.3 Å². The largest absolute Gasteiger partial charge is 0.497 e. The number of ether oxygens (including phenoxy) is 1. The van der Waals surface area contributed by atoms with Crippen molar-refractivity contribution in [3.8, 4) is 16.9 Å². The molecular weight excluding hydrogens is 350 g/mol. The summed E-state index contributed by atoms with van der Waals surface area (Å²) in [6.45, 7) is 2.27. The Morgan fingerprint density at radius 2 is 1.88 bits per heavy atom. The Labute approximate surface area is 152 Å². The summed E-state index contributed by atoms with van der Waals surface area (Å²) in [5, 5.41) is 5.62. The van der Waals surface area contributed by atoms with Crippen molar-refractivity contribution in [1.82, 2.24) is 10.6 Å². The summed E-state index contributed by atoms with van der Waals surface area (Å²) >= 11 is 0. The molecule has 136 valence electrons. The average Bonchev–Trinajstić information content (AvgIpc) is 2.58. The van der Waals surface area contributed by atoms with Gasteiger partial charge in [-0.3, -0.25) is 4.79 Å². The lowest BCUT2D eigenvalue weighted by Crippen LogP contribution is -2.37. The van der Waals surface area contributed by atoms with Gasteiger partial charge in [-0.25, -0.2) is 8.78 Å². The van der Waals surface area contributed by atoms with E-state index >= 15 is 0 Å². The molecule has 1 amide bonds. The molecule has 2 rings (SSSR count). The summed E-state index contributed by atoms with van der Waals surface area (Å²) in [7, 11) is 3.21. The molecule has 1 atom stereocenters. The minimum Gasteiger partial charge on any atom is -0.497 e. The molecule has 4 nitrogen and oxygen atoms in total. The Hall–Kier alpha value is -2.18.